The van der Waals surface area contributed by atoms with Crippen LogP contribution in [-0.2, 0) is 10.0 Å². The fourth-order valence-corrected chi connectivity index (χ4v) is 2.13. The molecule has 92 valence electrons. The number of hydrogen-bond acceptors (Lipinski definition) is 4. The van der Waals surface area contributed by atoms with Gasteiger partial charge in [0.15, 0.2) is 0 Å². The first-order valence-corrected chi connectivity index (χ1v) is 6.97. The molecular weight excluding hydrogens is 214 g/mol. The molecule has 0 aliphatic heterocycles. The summed E-state index contributed by atoms with van der Waals surface area (Å²) in [6.07, 6.45) is 0.648. The normalized spacial score (nSPS) is 12.3. The third-order valence-corrected chi connectivity index (χ3v) is 3.67. The topological polar surface area (TPSA) is 61.4 Å². The van der Waals surface area contributed by atoms with Crippen molar-refractivity contribution in [3.63, 3.8) is 0 Å². The summed E-state index contributed by atoms with van der Waals surface area (Å²) in [6.45, 7) is 4.95. The minimum atomic E-state index is -3.07. The fourth-order valence-electron chi connectivity index (χ4n) is 1.06. The van der Waals surface area contributed by atoms with Crippen molar-refractivity contribution in [2.24, 2.45) is 0 Å². The van der Waals surface area contributed by atoms with Crippen molar-refractivity contribution >= 4 is 10.0 Å². The molecule has 0 fully saturated rings. The van der Waals surface area contributed by atoms with E-state index in [-0.39, 0.29) is 5.75 Å². The van der Waals surface area contributed by atoms with Gasteiger partial charge in [-0.15, -0.1) is 0 Å². The van der Waals surface area contributed by atoms with Gasteiger partial charge in [-0.1, -0.05) is 6.92 Å². The first-order valence-electron chi connectivity index (χ1n) is 5.32. The molecule has 0 spiro atoms. The van der Waals surface area contributed by atoms with Crippen LogP contribution in [0.4, 0.5) is 0 Å². The number of nitrogens with one attached hydrogen (secondary N) is 2. The summed E-state index contributed by atoms with van der Waals surface area (Å²) in [7, 11) is 0.709. The third-order valence-electron chi connectivity index (χ3n) is 2.20. The summed E-state index contributed by atoms with van der Waals surface area (Å²) in [4.78, 5) is 2.07. The van der Waals surface area contributed by atoms with Gasteiger partial charge in [0.25, 0.3) is 0 Å². The zero-order valence-electron chi connectivity index (χ0n) is 9.91. The van der Waals surface area contributed by atoms with Crippen molar-refractivity contribution in [2.45, 2.75) is 13.3 Å². The Morgan fingerprint density at radius 2 is 1.93 bits per heavy atom. The largest absolute Gasteiger partial charge is 0.320 e. The highest BCUT2D eigenvalue weighted by Crippen LogP contribution is 1.88. The molecule has 0 heterocycles. The van der Waals surface area contributed by atoms with Gasteiger partial charge in [0.1, 0.15) is 0 Å². The first-order chi connectivity index (χ1) is 7.02. The van der Waals surface area contributed by atoms with Crippen LogP contribution in [0.2, 0.25) is 0 Å². The predicted molar refractivity (Wildman–Crippen MR) is 63.5 cm³/mol. The molecule has 0 aromatic heterocycles. The second kappa shape index (κ2) is 8.04. The maximum absolute atomic E-state index is 11.4. The quantitative estimate of drug-likeness (QED) is 0.529. The second-order valence-electron chi connectivity index (χ2n) is 3.57. The maximum atomic E-state index is 11.4. The van der Waals surface area contributed by atoms with Crippen molar-refractivity contribution < 1.29 is 8.42 Å². The Kier molecular flexibility index (Phi) is 7.95. The van der Waals surface area contributed by atoms with Gasteiger partial charge in [-0.25, -0.2) is 13.1 Å². The summed E-state index contributed by atoms with van der Waals surface area (Å²) in [6, 6.07) is 0. The Morgan fingerprint density at radius 3 is 2.47 bits per heavy atom. The number of rotatable bonds is 9. The van der Waals surface area contributed by atoms with Gasteiger partial charge < -0.3 is 10.2 Å². The summed E-state index contributed by atoms with van der Waals surface area (Å²) >= 11 is 0. The highest BCUT2D eigenvalue weighted by molar-refractivity contribution is 7.89. The van der Waals surface area contributed by atoms with E-state index in [0.717, 1.165) is 19.6 Å². The van der Waals surface area contributed by atoms with E-state index in [1.165, 1.54) is 0 Å². The maximum Gasteiger partial charge on any atom is 0.211 e. The average Bonchev–Trinajstić information content (AvgIpc) is 2.17. The lowest BCUT2D eigenvalue weighted by Crippen LogP contribution is -2.34. The molecule has 0 unspecified atom stereocenters. The molecule has 0 saturated heterocycles. The molecule has 0 rings (SSSR count). The average molecular weight is 237 g/mol. The highest BCUT2D eigenvalue weighted by atomic mass is 32.2. The molecule has 0 aliphatic carbocycles. The van der Waals surface area contributed by atoms with Crippen LogP contribution in [0, 0.1) is 0 Å². The van der Waals surface area contributed by atoms with Crippen molar-refractivity contribution in [3.8, 4) is 0 Å². The number of hydrogen-bond donors (Lipinski definition) is 2. The third kappa shape index (κ3) is 8.80. The number of sulfonamides is 1. The Morgan fingerprint density at radius 1 is 1.27 bits per heavy atom. The number of likely N-dealkylation sites (N-methyl/N-ethyl adjacent to an activating group) is 1. The van der Waals surface area contributed by atoms with E-state index < -0.39 is 10.0 Å². The molecule has 2 N–H and O–H groups in total. The molecule has 0 amide bonds. The molecule has 0 aromatic carbocycles. The molecule has 0 saturated carbocycles. The zero-order valence-corrected chi connectivity index (χ0v) is 10.7. The lowest BCUT2D eigenvalue weighted by molar-refractivity contribution is 0.358. The Hall–Kier alpha value is -0.170. The smallest absolute Gasteiger partial charge is 0.211 e. The van der Waals surface area contributed by atoms with E-state index in [1.54, 1.807) is 0 Å². The molecule has 0 aromatic rings. The molecular formula is C9H23N3O2S. The van der Waals surface area contributed by atoms with Crippen molar-refractivity contribution in [2.75, 3.05) is 46.0 Å². The van der Waals surface area contributed by atoms with Crippen LogP contribution >= 0.6 is 0 Å². The van der Waals surface area contributed by atoms with Crippen LogP contribution in [0.3, 0.4) is 0 Å². The van der Waals surface area contributed by atoms with Crippen LogP contribution in [0.5, 0.6) is 0 Å². The minimum Gasteiger partial charge on any atom is -0.320 e. The fraction of sp³-hybridized carbons (Fsp3) is 1.00. The van der Waals surface area contributed by atoms with E-state index in [1.807, 2.05) is 21.0 Å². The Balaban J connectivity index is 3.65. The summed E-state index contributed by atoms with van der Waals surface area (Å²) < 4.78 is 25.4. The van der Waals surface area contributed by atoms with Crippen LogP contribution in [0.25, 0.3) is 0 Å². The second-order valence-corrected chi connectivity index (χ2v) is 5.49. The summed E-state index contributed by atoms with van der Waals surface area (Å²) in [5.41, 5.74) is 0. The van der Waals surface area contributed by atoms with Crippen LogP contribution in [0.15, 0.2) is 0 Å². The van der Waals surface area contributed by atoms with Gasteiger partial charge >= 0.3 is 0 Å². The standard InChI is InChI=1S/C9H23N3O2S/c1-4-12(3)8-7-11-15(13,14)9-5-6-10-2/h10-11H,4-9H2,1-3H3. The van der Waals surface area contributed by atoms with Gasteiger partial charge in [0, 0.05) is 13.1 Å². The molecule has 0 atom stereocenters. The Labute approximate surface area is 93.3 Å². The van der Waals surface area contributed by atoms with E-state index in [4.69, 9.17) is 0 Å². The first kappa shape index (κ1) is 14.8. The van der Waals surface area contributed by atoms with Crippen LogP contribution in [-0.4, -0.2) is 59.3 Å². The molecule has 0 radical (unpaired) electrons. The van der Waals surface area contributed by atoms with Gasteiger partial charge in [0.05, 0.1) is 5.75 Å². The molecule has 15 heavy (non-hydrogen) atoms. The zero-order chi connectivity index (χ0) is 11.7. The Bertz CT molecular complexity index is 242. The molecule has 0 aliphatic rings. The molecule has 6 heteroatoms. The lowest BCUT2D eigenvalue weighted by atomic mass is 10.5. The van der Waals surface area contributed by atoms with E-state index in [9.17, 15) is 8.42 Å². The minimum absolute atomic E-state index is 0.198. The highest BCUT2D eigenvalue weighted by Gasteiger charge is 2.08. The van der Waals surface area contributed by atoms with Gasteiger partial charge in [-0.2, -0.15) is 0 Å². The van der Waals surface area contributed by atoms with Crippen molar-refractivity contribution in [1.29, 1.82) is 0 Å². The predicted octanol–water partition coefficient (Wildman–Crippen LogP) is -0.533. The monoisotopic (exact) mass is 237 g/mol. The van der Waals surface area contributed by atoms with Gasteiger partial charge in [-0.3, -0.25) is 0 Å². The number of nitrogens with zero attached hydrogens (tertiary/aromatic N) is 1. The van der Waals surface area contributed by atoms with Crippen molar-refractivity contribution in [1.82, 2.24) is 14.9 Å². The van der Waals surface area contributed by atoms with Crippen molar-refractivity contribution in [3.05, 3.63) is 0 Å². The summed E-state index contributed by atoms with van der Waals surface area (Å²) in [5, 5.41) is 2.92. The van der Waals surface area contributed by atoms with Gasteiger partial charge in [-0.05, 0) is 33.6 Å². The van der Waals surface area contributed by atoms with E-state index in [2.05, 4.69) is 14.9 Å². The van der Waals surface area contributed by atoms with E-state index >= 15 is 0 Å². The van der Waals surface area contributed by atoms with Gasteiger partial charge in [0.2, 0.25) is 10.0 Å². The molecule has 0 bridgehead atoms. The lowest BCUT2D eigenvalue weighted by Gasteiger charge is -2.14. The van der Waals surface area contributed by atoms with Crippen LogP contribution < -0.4 is 10.0 Å². The SMILES string of the molecule is CCN(C)CCNS(=O)(=O)CCCNC. The van der Waals surface area contributed by atoms with Crippen LogP contribution in [0.1, 0.15) is 13.3 Å². The molecule has 5 nitrogen and oxygen atoms in total. The summed E-state index contributed by atoms with van der Waals surface area (Å²) in [5.74, 6) is 0.198. The van der Waals surface area contributed by atoms with E-state index in [0.29, 0.717) is 13.0 Å².